The van der Waals surface area contributed by atoms with E-state index in [9.17, 15) is 9.59 Å². The summed E-state index contributed by atoms with van der Waals surface area (Å²) in [5.41, 5.74) is 6.30. The zero-order chi connectivity index (χ0) is 23.5. The van der Waals surface area contributed by atoms with Crippen LogP contribution in [0.2, 0.25) is 0 Å². The molecule has 2 aromatic heterocycles. The molecule has 8 heteroatoms. The fourth-order valence-corrected chi connectivity index (χ4v) is 3.80. The Morgan fingerprint density at radius 2 is 1.09 bits per heavy atom. The molecule has 2 amide bonds. The highest BCUT2D eigenvalue weighted by Crippen LogP contribution is 2.24. The summed E-state index contributed by atoms with van der Waals surface area (Å²) in [5, 5.41) is 14.4. The number of hydrogen-bond acceptors (Lipinski definition) is 4. The lowest BCUT2D eigenvalue weighted by Crippen LogP contribution is -2.23. The fourth-order valence-electron chi connectivity index (χ4n) is 3.80. The number of aryl methyl sites for hydroxylation is 4. The number of rotatable bonds is 4. The molecule has 168 valence electrons. The van der Waals surface area contributed by atoms with Crippen molar-refractivity contribution >= 4 is 23.4 Å². The summed E-state index contributed by atoms with van der Waals surface area (Å²) in [7, 11) is 0. The maximum Gasteiger partial charge on any atom is 0.346 e. The van der Waals surface area contributed by atoms with Crippen molar-refractivity contribution in [3.8, 4) is 0 Å². The van der Waals surface area contributed by atoms with E-state index in [1.54, 1.807) is 0 Å². The summed E-state index contributed by atoms with van der Waals surface area (Å²) in [6.07, 6.45) is 0.515. The predicted octanol–water partition coefficient (Wildman–Crippen LogP) is 5.06. The van der Waals surface area contributed by atoms with E-state index in [0.29, 0.717) is 17.8 Å². The van der Waals surface area contributed by atoms with Crippen molar-refractivity contribution in [1.29, 1.82) is 0 Å². The third kappa shape index (κ3) is 4.85. The lowest BCUT2D eigenvalue weighted by atomic mass is 10.0. The number of nitrogens with zero attached hydrogens (tertiary/aromatic N) is 4. The highest BCUT2D eigenvalue weighted by atomic mass is 16.2. The van der Waals surface area contributed by atoms with Gasteiger partial charge in [0.05, 0.1) is 11.4 Å². The number of nitrogens with one attached hydrogen (secondary N) is 2. The SMILES string of the molecule is Cc1cc(C)n(C(=O)Nc2ccccc2Cc2ccccc2NC(=O)n2nc(C)cc2C)n1. The molecule has 0 spiro atoms. The van der Waals surface area contributed by atoms with E-state index in [4.69, 9.17) is 0 Å². The Hall–Kier alpha value is -4.20. The third-order valence-corrected chi connectivity index (χ3v) is 5.30. The van der Waals surface area contributed by atoms with Crippen LogP contribution >= 0.6 is 0 Å². The minimum atomic E-state index is -0.320. The molecule has 0 radical (unpaired) electrons. The second kappa shape index (κ2) is 9.12. The van der Waals surface area contributed by atoms with Gasteiger partial charge < -0.3 is 10.6 Å². The number of benzene rings is 2. The Morgan fingerprint density at radius 1 is 0.697 bits per heavy atom. The van der Waals surface area contributed by atoms with Crippen LogP contribution in [0.15, 0.2) is 60.7 Å². The molecule has 0 unspecified atom stereocenters. The molecule has 0 aliphatic carbocycles. The second-order valence-corrected chi connectivity index (χ2v) is 8.03. The lowest BCUT2D eigenvalue weighted by Gasteiger charge is -2.15. The Bertz CT molecular complexity index is 1230. The summed E-state index contributed by atoms with van der Waals surface area (Å²) >= 11 is 0. The van der Waals surface area contributed by atoms with Crippen LogP contribution in [0.25, 0.3) is 0 Å². The number of carbonyl (C=O) groups excluding carboxylic acids is 2. The van der Waals surface area contributed by atoms with Gasteiger partial charge in [0, 0.05) is 29.2 Å². The first-order valence-electron chi connectivity index (χ1n) is 10.7. The van der Waals surface area contributed by atoms with E-state index < -0.39 is 0 Å². The zero-order valence-corrected chi connectivity index (χ0v) is 19.1. The molecular weight excluding hydrogens is 416 g/mol. The van der Waals surface area contributed by atoms with Crippen molar-refractivity contribution in [2.75, 3.05) is 10.6 Å². The monoisotopic (exact) mass is 442 g/mol. The van der Waals surface area contributed by atoms with E-state index in [-0.39, 0.29) is 12.1 Å². The van der Waals surface area contributed by atoms with Crippen molar-refractivity contribution in [2.24, 2.45) is 0 Å². The molecule has 0 saturated heterocycles. The number of anilines is 2. The largest absolute Gasteiger partial charge is 0.346 e. The molecule has 0 fully saturated rings. The number of carbonyl (C=O) groups is 2. The van der Waals surface area contributed by atoms with Crippen molar-refractivity contribution in [2.45, 2.75) is 34.1 Å². The van der Waals surface area contributed by atoms with Gasteiger partial charge in [-0.15, -0.1) is 0 Å². The van der Waals surface area contributed by atoms with Gasteiger partial charge in [-0.3, -0.25) is 0 Å². The fraction of sp³-hybridized carbons (Fsp3) is 0.200. The molecular formula is C25H26N6O2. The first kappa shape index (κ1) is 22.0. The molecule has 4 rings (SSSR count). The Labute approximate surface area is 192 Å². The highest BCUT2D eigenvalue weighted by Gasteiger charge is 2.15. The van der Waals surface area contributed by atoms with E-state index in [0.717, 1.165) is 33.9 Å². The van der Waals surface area contributed by atoms with Crippen LogP contribution in [0.5, 0.6) is 0 Å². The van der Waals surface area contributed by atoms with Gasteiger partial charge in [-0.1, -0.05) is 36.4 Å². The number of hydrogen-bond donors (Lipinski definition) is 2. The quantitative estimate of drug-likeness (QED) is 0.462. The molecule has 0 aliphatic rings. The molecule has 0 atom stereocenters. The van der Waals surface area contributed by atoms with E-state index in [1.165, 1.54) is 9.36 Å². The summed E-state index contributed by atoms with van der Waals surface area (Å²) in [6, 6.07) is 18.3. The highest BCUT2D eigenvalue weighted by molar-refractivity contribution is 5.93. The average molecular weight is 443 g/mol. The molecule has 0 aliphatic heterocycles. The maximum atomic E-state index is 12.8. The van der Waals surface area contributed by atoms with Gasteiger partial charge in [0.1, 0.15) is 0 Å². The molecule has 0 bridgehead atoms. The van der Waals surface area contributed by atoms with Gasteiger partial charge >= 0.3 is 12.1 Å². The Kier molecular flexibility index (Phi) is 6.08. The third-order valence-electron chi connectivity index (χ3n) is 5.30. The molecule has 2 N–H and O–H groups in total. The number of amides is 2. The predicted molar refractivity (Wildman–Crippen MR) is 128 cm³/mol. The minimum absolute atomic E-state index is 0.320. The summed E-state index contributed by atoms with van der Waals surface area (Å²) in [4.78, 5) is 25.6. The van der Waals surface area contributed by atoms with Crippen LogP contribution in [-0.4, -0.2) is 31.6 Å². The van der Waals surface area contributed by atoms with E-state index in [2.05, 4.69) is 20.8 Å². The number of para-hydroxylation sites is 2. The maximum absolute atomic E-state index is 12.8. The molecule has 2 aromatic carbocycles. The van der Waals surface area contributed by atoms with Crippen LogP contribution in [0.1, 0.15) is 33.9 Å². The zero-order valence-electron chi connectivity index (χ0n) is 19.1. The van der Waals surface area contributed by atoms with Crippen LogP contribution in [-0.2, 0) is 6.42 Å². The standard InChI is InChI=1S/C25H26N6O2/c1-16-13-18(3)30(28-16)24(32)26-22-11-7-5-9-20(22)15-21-10-6-8-12-23(21)27-25(33)31-19(4)14-17(2)29-31/h5-14H,15H2,1-4H3,(H,26,32)(H,27,33). The van der Waals surface area contributed by atoms with E-state index in [1.807, 2.05) is 88.4 Å². The minimum Gasteiger partial charge on any atom is -0.306 e. The first-order valence-corrected chi connectivity index (χ1v) is 10.7. The molecule has 2 heterocycles. The van der Waals surface area contributed by atoms with Crippen molar-refractivity contribution in [3.05, 3.63) is 94.6 Å². The van der Waals surface area contributed by atoms with Crippen LogP contribution in [0.4, 0.5) is 21.0 Å². The van der Waals surface area contributed by atoms with Gasteiger partial charge in [-0.05, 0) is 63.1 Å². The average Bonchev–Trinajstić information content (AvgIpc) is 3.30. The van der Waals surface area contributed by atoms with Crippen LogP contribution in [0.3, 0.4) is 0 Å². The van der Waals surface area contributed by atoms with Crippen LogP contribution < -0.4 is 10.6 Å². The van der Waals surface area contributed by atoms with Gasteiger partial charge in [0.15, 0.2) is 0 Å². The lowest BCUT2D eigenvalue weighted by molar-refractivity contribution is 0.249. The first-order chi connectivity index (χ1) is 15.8. The van der Waals surface area contributed by atoms with Crippen LogP contribution in [0, 0.1) is 27.7 Å². The molecule has 4 aromatic rings. The van der Waals surface area contributed by atoms with Gasteiger partial charge in [0.2, 0.25) is 0 Å². The Balaban J connectivity index is 1.57. The second-order valence-electron chi connectivity index (χ2n) is 8.03. The normalized spacial score (nSPS) is 10.8. The van der Waals surface area contributed by atoms with Gasteiger partial charge in [-0.25, -0.2) is 9.59 Å². The Morgan fingerprint density at radius 3 is 1.45 bits per heavy atom. The van der Waals surface area contributed by atoms with Crippen molar-refractivity contribution in [3.63, 3.8) is 0 Å². The number of aromatic nitrogens is 4. The van der Waals surface area contributed by atoms with Gasteiger partial charge in [-0.2, -0.15) is 19.6 Å². The molecule has 33 heavy (non-hydrogen) atoms. The molecule has 8 nitrogen and oxygen atoms in total. The van der Waals surface area contributed by atoms with Crippen molar-refractivity contribution < 1.29 is 9.59 Å². The van der Waals surface area contributed by atoms with Gasteiger partial charge in [0.25, 0.3) is 0 Å². The summed E-state index contributed by atoms with van der Waals surface area (Å²) in [5.74, 6) is 0. The smallest absolute Gasteiger partial charge is 0.306 e. The van der Waals surface area contributed by atoms with Crippen molar-refractivity contribution in [1.82, 2.24) is 19.6 Å². The summed E-state index contributed by atoms with van der Waals surface area (Å²) < 4.78 is 2.71. The van der Waals surface area contributed by atoms with E-state index >= 15 is 0 Å². The molecule has 0 saturated carbocycles. The summed E-state index contributed by atoms with van der Waals surface area (Å²) in [6.45, 7) is 7.38. The topological polar surface area (TPSA) is 93.8 Å².